The summed E-state index contributed by atoms with van der Waals surface area (Å²) in [7, 11) is 0. The van der Waals surface area contributed by atoms with E-state index in [1.807, 2.05) is 62.4 Å². The van der Waals surface area contributed by atoms with Crippen LogP contribution in [0.25, 0.3) is 0 Å². The van der Waals surface area contributed by atoms with Crippen LogP contribution in [-0.2, 0) is 20.7 Å². The maximum absolute atomic E-state index is 14.2. The number of anilines is 1. The van der Waals surface area contributed by atoms with Gasteiger partial charge in [-0.15, -0.1) is 0 Å². The predicted octanol–water partition coefficient (Wildman–Crippen LogP) is 5.67. The van der Waals surface area contributed by atoms with E-state index in [9.17, 15) is 19.5 Å². The molecule has 3 amide bonds. The van der Waals surface area contributed by atoms with E-state index in [1.54, 1.807) is 39.8 Å². The quantitative estimate of drug-likeness (QED) is 0.321. The molecule has 8 nitrogen and oxygen atoms in total. The number of carbonyl (C=O) groups excluding carboxylic acids is 3. The van der Waals surface area contributed by atoms with Crippen molar-refractivity contribution in [3.05, 3.63) is 95.1 Å². The molecule has 0 radical (unpaired) electrons. The van der Waals surface area contributed by atoms with E-state index in [0.29, 0.717) is 11.3 Å². The van der Waals surface area contributed by atoms with Crippen molar-refractivity contribution < 1.29 is 24.2 Å². The fraction of sp³-hybridized carbons (Fsp3) is 0.344. The van der Waals surface area contributed by atoms with Crippen molar-refractivity contribution >= 4 is 23.6 Å². The van der Waals surface area contributed by atoms with E-state index >= 15 is 0 Å². The number of nitrogens with one attached hydrogen (secondary N) is 2. The summed E-state index contributed by atoms with van der Waals surface area (Å²) in [6.45, 7) is 11.0. The molecule has 0 aliphatic heterocycles. The number of hydrogen-bond acceptors (Lipinski definition) is 5. The number of para-hydroxylation sites is 1. The molecule has 40 heavy (non-hydrogen) atoms. The summed E-state index contributed by atoms with van der Waals surface area (Å²) in [4.78, 5) is 42.3. The number of alkyl carbamates (subject to hydrolysis) is 1. The Morgan fingerprint density at radius 1 is 0.900 bits per heavy atom. The van der Waals surface area contributed by atoms with Crippen LogP contribution in [0.3, 0.4) is 0 Å². The van der Waals surface area contributed by atoms with Crippen LogP contribution in [0.1, 0.15) is 56.0 Å². The lowest BCUT2D eigenvalue weighted by Gasteiger charge is -2.34. The number of benzene rings is 3. The van der Waals surface area contributed by atoms with E-state index in [2.05, 4.69) is 10.6 Å². The van der Waals surface area contributed by atoms with Gasteiger partial charge in [0, 0.05) is 18.7 Å². The van der Waals surface area contributed by atoms with Gasteiger partial charge in [-0.25, -0.2) is 4.79 Å². The van der Waals surface area contributed by atoms with Crippen molar-refractivity contribution in [2.75, 3.05) is 11.9 Å². The number of hydrogen-bond donors (Lipinski definition) is 3. The van der Waals surface area contributed by atoms with Gasteiger partial charge >= 0.3 is 6.09 Å². The first-order chi connectivity index (χ1) is 18.9. The number of nitrogens with zero attached hydrogens (tertiary/aromatic N) is 1. The van der Waals surface area contributed by atoms with E-state index in [0.717, 1.165) is 16.7 Å². The topological polar surface area (TPSA) is 108 Å². The van der Waals surface area contributed by atoms with Crippen molar-refractivity contribution in [3.63, 3.8) is 0 Å². The van der Waals surface area contributed by atoms with E-state index in [-0.39, 0.29) is 18.7 Å². The predicted molar refractivity (Wildman–Crippen MR) is 156 cm³/mol. The van der Waals surface area contributed by atoms with Crippen LogP contribution in [0.15, 0.2) is 72.8 Å². The second-order valence-electron chi connectivity index (χ2n) is 10.8. The summed E-state index contributed by atoms with van der Waals surface area (Å²) in [5, 5.41) is 15.6. The normalized spacial score (nSPS) is 12.7. The Labute approximate surface area is 236 Å². The first kappa shape index (κ1) is 30.2. The highest BCUT2D eigenvalue weighted by Gasteiger charge is 2.36. The van der Waals surface area contributed by atoms with Crippen LogP contribution >= 0.6 is 0 Å². The summed E-state index contributed by atoms with van der Waals surface area (Å²) >= 11 is 0. The van der Waals surface area contributed by atoms with Gasteiger partial charge in [-0.05, 0) is 75.9 Å². The molecule has 0 fully saturated rings. The molecule has 0 saturated carbocycles. The molecule has 3 aromatic rings. The highest BCUT2D eigenvalue weighted by molar-refractivity contribution is 6.00. The highest BCUT2D eigenvalue weighted by Crippen LogP contribution is 2.28. The molecule has 0 aliphatic rings. The number of amides is 3. The molecule has 8 heteroatoms. The molecule has 212 valence electrons. The lowest BCUT2D eigenvalue weighted by molar-refractivity contribution is -0.140. The van der Waals surface area contributed by atoms with Gasteiger partial charge < -0.3 is 25.4 Å². The lowest BCUT2D eigenvalue weighted by atomic mass is 9.99. The third-order valence-corrected chi connectivity index (χ3v) is 6.39. The molecule has 2 unspecified atom stereocenters. The van der Waals surface area contributed by atoms with Gasteiger partial charge in [0.25, 0.3) is 5.91 Å². The molecule has 2 atom stereocenters. The second-order valence-corrected chi connectivity index (χ2v) is 10.8. The summed E-state index contributed by atoms with van der Waals surface area (Å²) in [5.41, 5.74) is 3.06. The average molecular weight is 546 g/mol. The summed E-state index contributed by atoms with van der Waals surface area (Å²) in [5.74, 6) is -0.804. The fourth-order valence-electron chi connectivity index (χ4n) is 4.50. The fourth-order valence-corrected chi connectivity index (χ4v) is 4.50. The van der Waals surface area contributed by atoms with Crippen molar-refractivity contribution in [3.8, 4) is 5.75 Å². The average Bonchev–Trinajstić information content (AvgIpc) is 2.89. The van der Waals surface area contributed by atoms with Crippen LogP contribution < -0.4 is 10.6 Å². The van der Waals surface area contributed by atoms with E-state index in [4.69, 9.17) is 4.74 Å². The van der Waals surface area contributed by atoms with Crippen LogP contribution in [0, 0.1) is 13.8 Å². The van der Waals surface area contributed by atoms with Gasteiger partial charge in [0.15, 0.2) is 0 Å². The Kier molecular flexibility index (Phi) is 9.93. The number of carbonyl (C=O) groups is 3. The third-order valence-electron chi connectivity index (χ3n) is 6.39. The Morgan fingerprint density at radius 3 is 2.05 bits per heavy atom. The molecule has 0 bridgehead atoms. The minimum Gasteiger partial charge on any atom is -0.508 e. The molecular formula is C32H39N3O5. The number of aromatic hydroxyl groups is 1. The zero-order valence-corrected chi connectivity index (χ0v) is 24.0. The first-order valence-electron chi connectivity index (χ1n) is 13.4. The molecule has 3 aromatic carbocycles. The van der Waals surface area contributed by atoms with Crippen molar-refractivity contribution in [2.45, 2.75) is 65.6 Å². The van der Waals surface area contributed by atoms with Crippen molar-refractivity contribution in [2.24, 2.45) is 0 Å². The van der Waals surface area contributed by atoms with Gasteiger partial charge in [0.1, 0.15) is 23.4 Å². The van der Waals surface area contributed by atoms with Gasteiger partial charge in [-0.2, -0.15) is 0 Å². The molecule has 3 rings (SSSR count). The maximum atomic E-state index is 14.2. The maximum Gasteiger partial charge on any atom is 0.408 e. The van der Waals surface area contributed by atoms with Crippen molar-refractivity contribution in [1.29, 1.82) is 0 Å². The number of rotatable bonds is 9. The third kappa shape index (κ3) is 8.09. The van der Waals surface area contributed by atoms with E-state index < -0.39 is 35.6 Å². The number of phenols is 1. The smallest absolute Gasteiger partial charge is 0.408 e. The van der Waals surface area contributed by atoms with Crippen LogP contribution in [0.5, 0.6) is 5.75 Å². The van der Waals surface area contributed by atoms with Crippen molar-refractivity contribution in [1.82, 2.24) is 10.2 Å². The molecule has 0 aliphatic carbocycles. The molecule has 0 aromatic heterocycles. The molecule has 0 spiro atoms. The molecule has 0 saturated heterocycles. The van der Waals surface area contributed by atoms with Gasteiger partial charge in [0.05, 0.1) is 0 Å². The monoisotopic (exact) mass is 545 g/mol. The minimum absolute atomic E-state index is 0.0422. The molecular weight excluding hydrogens is 506 g/mol. The van der Waals surface area contributed by atoms with Gasteiger partial charge in [0.2, 0.25) is 5.91 Å². The van der Waals surface area contributed by atoms with E-state index in [1.165, 1.54) is 17.0 Å². The van der Waals surface area contributed by atoms with Gasteiger partial charge in [-0.1, -0.05) is 60.7 Å². The lowest BCUT2D eigenvalue weighted by Crippen LogP contribution is -2.53. The number of aryl methyl sites for hydroxylation is 2. The van der Waals surface area contributed by atoms with Crippen LogP contribution in [-0.4, -0.2) is 46.1 Å². The number of ether oxygens (including phenoxy) is 1. The molecule has 0 heterocycles. The van der Waals surface area contributed by atoms with Crippen LogP contribution in [0.4, 0.5) is 10.5 Å². The zero-order valence-electron chi connectivity index (χ0n) is 24.0. The first-order valence-corrected chi connectivity index (χ1v) is 13.4. The zero-order chi connectivity index (χ0) is 29.4. The highest BCUT2D eigenvalue weighted by atomic mass is 16.6. The minimum atomic E-state index is -1.03. The number of likely N-dealkylation sites (N-methyl/N-ethyl adjacent to an activating group) is 1. The SMILES string of the molecule is CCN(C(=O)C(Cc1ccccc1)NC(=O)OC(C)(C)C)C(C(=O)Nc1c(C)cccc1C)c1ccc(O)cc1. The second kappa shape index (κ2) is 13.2. The van der Waals surface area contributed by atoms with Gasteiger partial charge in [-0.3, -0.25) is 9.59 Å². The Morgan fingerprint density at radius 2 is 1.50 bits per heavy atom. The Balaban J connectivity index is 2.02. The Bertz CT molecular complexity index is 1300. The van der Waals surface area contributed by atoms with Crippen LogP contribution in [0.2, 0.25) is 0 Å². The largest absolute Gasteiger partial charge is 0.508 e. The molecule has 3 N–H and O–H groups in total. The number of phenolic OH excluding ortho intramolecular Hbond substituents is 1. The Hall–Kier alpha value is -4.33. The summed E-state index contributed by atoms with van der Waals surface area (Å²) in [6, 6.07) is 19.2. The summed E-state index contributed by atoms with van der Waals surface area (Å²) < 4.78 is 5.45. The standard InChI is InChI=1S/C32H39N3O5/c1-7-35(30(38)26(20-23-14-9-8-10-15-23)33-31(39)40-32(4,5)6)28(24-16-18-25(36)19-17-24)29(37)34-27-21(2)12-11-13-22(27)3/h8-19,26,28,36H,7,20H2,1-6H3,(H,33,39)(H,34,37). The summed E-state index contributed by atoms with van der Waals surface area (Å²) in [6.07, 6.45) is -0.519.